The van der Waals surface area contributed by atoms with Crippen molar-refractivity contribution in [2.75, 3.05) is 13.2 Å². The molecule has 390 valence electrons. The van der Waals surface area contributed by atoms with E-state index in [4.69, 9.17) is 47.4 Å². The maximum atomic E-state index is 14.5. The van der Waals surface area contributed by atoms with Crippen molar-refractivity contribution in [2.24, 2.45) is 0 Å². The molecule has 0 spiro atoms. The summed E-state index contributed by atoms with van der Waals surface area (Å²) < 4.78 is 64.8. The van der Waals surface area contributed by atoms with Gasteiger partial charge in [0.2, 0.25) is 0 Å². The van der Waals surface area contributed by atoms with Crippen LogP contribution in [0.1, 0.15) is 58.1 Å². The summed E-state index contributed by atoms with van der Waals surface area (Å²) in [4.78, 5) is 56.8. The molecule has 15 heteroatoms. The van der Waals surface area contributed by atoms with E-state index in [1.54, 1.807) is 84.9 Å². The number of esters is 4. The molecule has 6 unspecified atom stereocenters. The van der Waals surface area contributed by atoms with Crippen LogP contribution in [0.3, 0.4) is 0 Å². The van der Waals surface area contributed by atoms with Gasteiger partial charge in [0.05, 0.1) is 48.7 Å². The molecular weight excluding hydrogens is 973 g/mol. The summed E-state index contributed by atoms with van der Waals surface area (Å²) in [6, 6.07) is 60.5. The Labute approximate surface area is 439 Å². The fraction of sp³-hybridized carbons (Fsp3) is 0.246. The highest BCUT2D eigenvalue weighted by Gasteiger charge is 2.57. The molecule has 9 rings (SSSR count). The summed E-state index contributed by atoms with van der Waals surface area (Å²) in [7, 11) is 0. The second-order valence-electron chi connectivity index (χ2n) is 17.9. The van der Waals surface area contributed by atoms with E-state index in [0.717, 1.165) is 16.7 Å². The quantitative estimate of drug-likeness (QED) is 0.0533. The van der Waals surface area contributed by atoms with Crippen LogP contribution >= 0.6 is 0 Å². The van der Waals surface area contributed by atoms with Crippen LogP contribution in [0.5, 0.6) is 0 Å². The Bertz CT molecular complexity index is 2900. The van der Waals surface area contributed by atoms with Crippen LogP contribution < -0.4 is 0 Å². The molecule has 15 nitrogen and oxygen atoms in total. The zero-order valence-corrected chi connectivity index (χ0v) is 41.2. The van der Waals surface area contributed by atoms with Gasteiger partial charge in [-0.05, 0) is 65.2 Å². The van der Waals surface area contributed by atoms with Crippen molar-refractivity contribution in [3.63, 3.8) is 0 Å². The monoisotopic (exact) mass is 1030 g/mol. The van der Waals surface area contributed by atoms with Gasteiger partial charge in [0.25, 0.3) is 0 Å². The summed E-state index contributed by atoms with van der Waals surface area (Å²) in [5.41, 5.74) is 2.98. The molecule has 10 atom stereocenters. The lowest BCUT2D eigenvalue weighted by atomic mass is 9.95. The Morgan fingerprint density at radius 1 is 0.368 bits per heavy atom. The third kappa shape index (κ3) is 14.1. The Morgan fingerprint density at radius 3 is 1.20 bits per heavy atom. The lowest BCUT2D eigenvalue weighted by molar-refractivity contribution is -0.363. The number of benzene rings is 7. The molecule has 7 aromatic rings. The molecule has 0 bridgehead atoms. The average molecular weight is 1030 g/mol. The third-order valence-electron chi connectivity index (χ3n) is 12.6. The summed E-state index contributed by atoms with van der Waals surface area (Å²) in [6.07, 6.45) is -14.9. The van der Waals surface area contributed by atoms with Gasteiger partial charge in [0.1, 0.15) is 37.1 Å². The number of aliphatic hydroxyl groups excluding tert-OH is 1. The number of carbonyl (C=O) groups is 4. The number of aliphatic hydroxyl groups is 1. The van der Waals surface area contributed by atoms with E-state index in [2.05, 4.69) is 0 Å². The van der Waals surface area contributed by atoms with Crippen molar-refractivity contribution in [2.45, 2.75) is 81.2 Å². The van der Waals surface area contributed by atoms with Crippen molar-refractivity contribution in [1.82, 2.24) is 0 Å². The first-order valence-electron chi connectivity index (χ1n) is 24.8. The maximum absolute atomic E-state index is 14.5. The minimum absolute atomic E-state index is 0.00566. The standard InChI is InChI=1S/C61H56O15/c62-56(44-28-14-4-15-29-44)70-40-49-51(73-57(63)45-30-16-5-17-31-45)53(74-58(64)46-32-18-6-19-33-46)55(75-59(65)47-34-20-7-21-35-47)61(72-49)76-50-48(39-67-36-41-22-8-1-9-23-41)71-60(66)54(69-38-43-26-12-3-13-27-43)52(50)68-37-42-24-10-2-11-25-42/h1-35,48-55,60-61,66H,36-40H2/t48?,49?,50-,51-,52?,53?,54?,55?,60+,61+/m1/s1. The zero-order valence-electron chi connectivity index (χ0n) is 41.2. The fourth-order valence-electron chi connectivity index (χ4n) is 8.75. The van der Waals surface area contributed by atoms with Gasteiger partial charge in [-0.15, -0.1) is 0 Å². The summed E-state index contributed by atoms with van der Waals surface area (Å²) in [5, 5.41) is 11.9. The van der Waals surface area contributed by atoms with Crippen molar-refractivity contribution in [3.05, 3.63) is 251 Å². The Morgan fingerprint density at radius 2 is 0.737 bits per heavy atom. The van der Waals surface area contributed by atoms with Crippen molar-refractivity contribution in [3.8, 4) is 0 Å². The highest BCUT2D eigenvalue weighted by atomic mass is 16.8. The second kappa shape index (κ2) is 26.6. The van der Waals surface area contributed by atoms with Crippen LogP contribution in [0.2, 0.25) is 0 Å². The number of ether oxygens (including phenoxy) is 10. The SMILES string of the molecule is O=C(OCC1O[C@@H](O[C@@H]2C(COCc3ccccc3)O[C@H](O)C(OCc3ccccc3)C2OCc2ccccc2)C(OC(=O)c2ccccc2)C(OC(=O)c2ccccc2)[C@@H]1OC(=O)c1ccccc1)c1ccccc1. The molecule has 2 saturated heterocycles. The van der Waals surface area contributed by atoms with Crippen LogP contribution in [0.4, 0.5) is 0 Å². The molecule has 2 aliphatic heterocycles. The molecule has 0 amide bonds. The molecule has 0 aliphatic carbocycles. The van der Waals surface area contributed by atoms with Crippen LogP contribution in [0, 0.1) is 0 Å². The maximum Gasteiger partial charge on any atom is 0.338 e. The van der Waals surface area contributed by atoms with Gasteiger partial charge in [-0.2, -0.15) is 0 Å². The lowest BCUT2D eigenvalue weighted by Gasteiger charge is -2.49. The summed E-state index contributed by atoms with van der Waals surface area (Å²) in [5.74, 6) is -3.38. The van der Waals surface area contributed by atoms with Crippen molar-refractivity contribution < 1.29 is 71.7 Å². The lowest BCUT2D eigenvalue weighted by Crippen LogP contribution is -2.67. The first-order valence-corrected chi connectivity index (χ1v) is 24.8. The van der Waals surface area contributed by atoms with Crippen molar-refractivity contribution in [1.29, 1.82) is 0 Å². The van der Waals surface area contributed by atoms with Crippen LogP contribution in [-0.4, -0.2) is 104 Å². The molecule has 0 radical (unpaired) electrons. The van der Waals surface area contributed by atoms with Gasteiger partial charge in [0, 0.05) is 0 Å². The molecule has 76 heavy (non-hydrogen) atoms. The van der Waals surface area contributed by atoms with Crippen molar-refractivity contribution >= 4 is 23.9 Å². The predicted octanol–water partition coefficient (Wildman–Crippen LogP) is 8.74. The van der Waals surface area contributed by atoms with E-state index >= 15 is 0 Å². The molecule has 2 fully saturated rings. The molecular formula is C61H56O15. The minimum Gasteiger partial charge on any atom is -0.459 e. The third-order valence-corrected chi connectivity index (χ3v) is 12.6. The van der Waals surface area contributed by atoms with Crippen LogP contribution in [0.25, 0.3) is 0 Å². The van der Waals surface area contributed by atoms with E-state index in [0.29, 0.717) is 0 Å². The van der Waals surface area contributed by atoms with E-state index in [-0.39, 0.29) is 48.7 Å². The van der Waals surface area contributed by atoms with Gasteiger partial charge < -0.3 is 52.5 Å². The largest absolute Gasteiger partial charge is 0.459 e. The first kappa shape index (κ1) is 53.0. The van der Waals surface area contributed by atoms with Gasteiger partial charge in [-0.25, -0.2) is 19.2 Å². The molecule has 1 N–H and O–H groups in total. The molecule has 2 aliphatic rings. The number of carbonyl (C=O) groups excluding carboxylic acids is 4. The molecule has 0 saturated carbocycles. The highest BCUT2D eigenvalue weighted by Crippen LogP contribution is 2.36. The topological polar surface area (TPSA) is 181 Å². The van der Waals surface area contributed by atoms with Crippen LogP contribution in [-0.2, 0) is 67.2 Å². The normalized spacial score (nSPS) is 23.1. The van der Waals surface area contributed by atoms with Crippen LogP contribution in [0.15, 0.2) is 212 Å². The van der Waals surface area contributed by atoms with E-state index in [1.807, 2.05) is 91.0 Å². The number of hydrogen-bond acceptors (Lipinski definition) is 15. The Kier molecular flexibility index (Phi) is 18.5. The smallest absolute Gasteiger partial charge is 0.338 e. The van der Waals surface area contributed by atoms with Gasteiger partial charge >= 0.3 is 23.9 Å². The fourth-order valence-corrected chi connectivity index (χ4v) is 8.75. The number of rotatable bonds is 21. The Balaban J connectivity index is 1.15. The zero-order chi connectivity index (χ0) is 52.5. The van der Waals surface area contributed by atoms with E-state index < -0.39 is 91.9 Å². The van der Waals surface area contributed by atoms with Gasteiger partial charge in [-0.1, -0.05) is 164 Å². The summed E-state index contributed by atoms with van der Waals surface area (Å²) >= 11 is 0. The van der Waals surface area contributed by atoms with Gasteiger partial charge in [-0.3, -0.25) is 0 Å². The molecule has 7 aromatic carbocycles. The molecule has 0 aromatic heterocycles. The first-order chi connectivity index (χ1) is 37.3. The average Bonchev–Trinajstić information content (AvgIpc) is 3.50. The van der Waals surface area contributed by atoms with Gasteiger partial charge in [0.15, 0.2) is 30.9 Å². The summed E-state index contributed by atoms with van der Waals surface area (Å²) in [6.45, 7) is -0.608. The van der Waals surface area contributed by atoms with E-state index in [9.17, 15) is 24.3 Å². The van der Waals surface area contributed by atoms with E-state index in [1.165, 1.54) is 36.4 Å². The number of hydrogen-bond donors (Lipinski definition) is 1. The minimum atomic E-state index is -1.77. The second-order valence-corrected chi connectivity index (χ2v) is 17.9. The predicted molar refractivity (Wildman–Crippen MR) is 274 cm³/mol. The highest BCUT2D eigenvalue weighted by molar-refractivity contribution is 5.91. The molecule has 2 heterocycles. The Hall–Kier alpha value is -7.86.